The van der Waals surface area contributed by atoms with Crippen molar-refractivity contribution in [3.8, 4) is 11.5 Å². The third-order valence-electron chi connectivity index (χ3n) is 4.26. The number of carbonyl (C=O) groups is 2. The highest BCUT2D eigenvalue weighted by atomic mass is 16.5. The van der Waals surface area contributed by atoms with E-state index in [0.717, 1.165) is 4.90 Å². The van der Waals surface area contributed by atoms with Gasteiger partial charge in [0.25, 0.3) is 11.8 Å². The van der Waals surface area contributed by atoms with Gasteiger partial charge in [-0.15, -0.1) is 0 Å². The number of anilines is 2. The molecule has 0 radical (unpaired) electrons. The minimum absolute atomic E-state index is 0.157. The smallest absolute Gasteiger partial charge is 0.282 e. The van der Waals surface area contributed by atoms with E-state index in [4.69, 9.17) is 9.47 Å². The van der Waals surface area contributed by atoms with Crippen molar-refractivity contribution in [3.63, 3.8) is 0 Å². The Balaban J connectivity index is 1.90. The molecule has 2 aromatic carbocycles. The Morgan fingerprint density at radius 3 is 2.00 bits per heavy atom. The fourth-order valence-corrected chi connectivity index (χ4v) is 2.49. The predicted molar refractivity (Wildman–Crippen MR) is 104 cm³/mol. The van der Waals surface area contributed by atoms with Crippen molar-refractivity contribution in [2.24, 2.45) is 0 Å². The number of hydrogen-bond acceptors (Lipinski definition) is 4. The first kappa shape index (κ1) is 20.3. The van der Waals surface area contributed by atoms with Crippen LogP contribution in [0.3, 0.4) is 0 Å². The molecular weight excluding hydrogens is 346 g/mol. The fraction of sp³-hybridized carbons (Fsp3) is 0.300. The molecule has 3 N–H and O–H groups in total. The van der Waals surface area contributed by atoms with Crippen molar-refractivity contribution in [1.29, 1.82) is 0 Å². The van der Waals surface area contributed by atoms with E-state index in [2.05, 4.69) is 10.6 Å². The summed E-state index contributed by atoms with van der Waals surface area (Å²) in [5, 5.41) is 5.67. The molecule has 2 atom stereocenters. The number of nitrogens with one attached hydrogen (secondary N) is 3. The lowest BCUT2D eigenvalue weighted by molar-refractivity contribution is -0.885. The maximum absolute atomic E-state index is 12.5. The third kappa shape index (κ3) is 6.00. The number of carbonyl (C=O) groups excluding carboxylic acids is 2. The lowest BCUT2D eigenvalue weighted by Crippen LogP contribution is -3.14. The van der Waals surface area contributed by atoms with Crippen LogP contribution in [0.25, 0.3) is 0 Å². The molecular formula is C20H26N3O4+. The number of benzene rings is 2. The maximum atomic E-state index is 12.5. The van der Waals surface area contributed by atoms with Gasteiger partial charge in [0.15, 0.2) is 12.6 Å². The summed E-state index contributed by atoms with van der Waals surface area (Å²) < 4.78 is 10.3. The van der Waals surface area contributed by atoms with Gasteiger partial charge in [-0.3, -0.25) is 9.59 Å². The number of rotatable bonds is 8. The summed E-state index contributed by atoms with van der Waals surface area (Å²) in [7, 11) is 4.95. The quantitative estimate of drug-likeness (QED) is 0.650. The molecule has 0 fully saturated rings. The zero-order valence-corrected chi connectivity index (χ0v) is 16.0. The molecule has 0 saturated heterocycles. The SMILES string of the molecule is COc1cccc(NC(=O)C[NH+](C)[C@@H](C)C(=O)Nc2cccc(OC)c2)c1. The van der Waals surface area contributed by atoms with Crippen LogP contribution in [0.2, 0.25) is 0 Å². The Morgan fingerprint density at radius 1 is 0.963 bits per heavy atom. The van der Waals surface area contributed by atoms with Gasteiger partial charge in [-0.25, -0.2) is 0 Å². The van der Waals surface area contributed by atoms with Crippen molar-refractivity contribution < 1.29 is 24.0 Å². The van der Waals surface area contributed by atoms with E-state index in [1.807, 2.05) is 0 Å². The highest BCUT2D eigenvalue weighted by Gasteiger charge is 2.24. The second-order valence-electron chi connectivity index (χ2n) is 6.25. The Kier molecular flexibility index (Phi) is 7.19. The molecule has 2 aromatic rings. The zero-order chi connectivity index (χ0) is 19.8. The molecule has 0 aliphatic rings. The van der Waals surface area contributed by atoms with Crippen LogP contribution in [0.15, 0.2) is 48.5 Å². The van der Waals surface area contributed by atoms with Crippen LogP contribution in [0, 0.1) is 0 Å². The van der Waals surface area contributed by atoms with Gasteiger partial charge in [-0.05, 0) is 31.2 Å². The maximum Gasteiger partial charge on any atom is 0.282 e. The van der Waals surface area contributed by atoms with Gasteiger partial charge in [-0.2, -0.15) is 0 Å². The van der Waals surface area contributed by atoms with E-state index in [1.165, 1.54) is 0 Å². The lowest BCUT2D eigenvalue weighted by Gasteiger charge is -2.20. The molecule has 1 unspecified atom stereocenters. The normalized spacial score (nSPS) is 12.6. The van der Waals surface area contributed by atoms with Crippen molar-refractivity contribution in [2.75, 3.05) is 38.4 Å². The lowest BCUT2D eigenvalue weighted by atomic mass is 10.2. The Hall–Kier alpha value is -3.06. The van der Waals surface area contributed by atoms with Crippen LogP contribution in [-0.2, 0) is 9.59 Å². The second-order valence-corrected chi connectivity index (χ2v) is 6.25. The summed E-state index contributed by atoms with van der Waals surface area (Å²) in [6, 6.07) is 13.9. The summed E-state index contributed by atoms with van der Waals surface area (Å²) >= 11 is 0. The highest BCUT2D eigenvalue weighted by Crippen LogP contribution is 2.17. The summed E-state index contributed by atoms with van der Waals surface area (Å²) in [6.45, 7) is 1.94. The molecule has 0 heterocycles. The largest absolute Gasteiger partial charge is 0.497 e. The number of amides is 2. The van der Waals surface area contributed by atoms with Crippen molar-refractivity contribution >= 4 is 23.2 Å². The molecule has 0 saturated carbocycles. The van der Waals surface area contributed by atoms with E-state index in [1.54, 1.807) is 76.7 Å². The average Bonchev–Trinajstić information content (AvgIpc) is 2.67. The first-order chi connectivity index (χ1) is 12.9. The van der Waals surface area contributed by atoms with Gasteiger partial charge in [0.2, 0.25) is 0 Å². The Bertz CT molecular complexity index is 794. The first-order valence-corrected chi connectivity index (χ1v) is 8.64. The minimum atomic E-state index is -0.410. The summed E-state index contributed by atoms with van der Waals surface area (Å²) in [6.07, 6.45) is 0. The predicted octanol–water partition coefficient (Wildman–Crippen LogP) is 1.18. The van der Waals surface area contributed by atoms with Gasteiger partial charge in [-0.1, -0.05) is 12.1 Å². The van der Waals surface area contributed by atoms with Gasteiger partial charge in [0.05, 0.1) is 21.3 Å². The number of hydrogen-bond donors (Lipinski definition) is 3. The van der Waals surface area contributed by atoms with Crippen molar-refractivity contribution in [2.45, 2.75) is 13.0 Å². The molecule has 144 valence electrons. The fourth-order valence-electron chi connectivity index (χ4n) is 2.49. The second kappa shape index (κ2) is 9.59. The average molecular weight is 372 g/mol. The van der Waals surface area contributed by atoms with Crippen LogP contribution < -0.4 is 25.0 Å². The van der Waals surface area contributed by atoms with E-state index < -0.39 is 6.04 Å². The van der Waals surface area contributed by atoms with Crippen molar-refractivity contribution in [1.82, 2.24) is 0 Å². The number of likely N-dealkylation sites (N-methyl/N-ethyl adjacent to an activating group) is 1. The van der Waals surface area contributed by atoms with Gasteiger partial charge < -0.3 is 25.0 Å². The molecule has 27 heavy (non-hydrogen) atoms. The Morgan fingerprint density at radius 2 is 1.48 bits per heavy atom. The van der Waals surface area contributed by atoms with E-state index in [-0.39, 0.29) is 18.4 Å². The zero-order valence-electron chi connectivity index (χ0n) is 16.0. The summed E-state index contributed by atoms with van der Waals surface area (Å²) in [5.74, 6) is 0.982. The summed E-state index contributed by atoms with van der Waals surface area (Å²) in [5.41, 5.74) is 1.31. The molecule has 0 aliphatic carbocycles. The number of methoxy groups -OCH3 is 2. The molecule has 0 spiro atoms. The molecule has 7 nitrogen and oxygen atoms in total. The topological polar surface area (TPSA) is 81.1 Å². The number of quaternary nitrogens is 1. The van der Waals surface area contributed by atoms with Crippen molar-refractivity contribution in [3.05, 3.63) is 48.5 Å². The molecule has 0 aliphatic heterocycles. The van der Waals surface area contributed by atoms with Gasteiger partial charge in [0, 0.05) is 23.5 Å². The van der Waals surface area contributed by atoms with Gasteiger partial charge >= 0.3 is 0 Å². The minimum Gasteiger partial charge on any atom is -0.497 e. The van der Waals surface area contributed by atoms with E-state index in [9.17, 15) is 9.59 Å². The van der Waals surface area contributed by atoms with Gasteiger partial charge in [0.1, 0.15) is 11.5 Å². The van der Waals surface area contributed by atoms with Crippen LogP contribution in [-0.4, -0.2) is 45.7 Å². The molecule has 0 bridgehead atoms. The first-order valence-electron chi connectivity index (χ1n) is 8.64. The van der Waals surface area contributed by atoms with Crippen LogP contribution in [0.5, 0.6) is 11.5 Å². The third-order valence-corrected chi connectivity index (χ3v) is 4.26. The molecule has 7 heteroatoms. The molecule has 2 amide bonds. The van der Waals surface area contributed by atoms with Crippen LogP contribution in [0.4, 0.5) is 11.4 Å². The van der Waals surface area contributed by atoms with E-state index in [0.29, 0.717) is 22.9 Å². The molecule has 2 rings (SSSR count). The monoisotopic (exact) mass is 372 g/mol. The molecule has 0 aromatic heterocycles. The summed E-state index contributed by atoms with van der Waals surface area (Å²) in [4.78, 5) is 25.5. The van der Waals surface area contributed by atoms with Crippen LogP contribution >= 0.6 is 0 Å². The number of ether oxygens (including phenoxy) is 2. The highest BCUT2D eigenvalue weighted by molar-refractivity contribution is 5.94. The van der Waals surface area contributed by atoms with E-state index >= 15 is 0 Å². The van der Waals surface area contributed by atoms with Crippen LogP contribution in [0.1, 0.15) is 6.92 Å². The standard InChI is InChI=1S/C20H25N3O4/c1-14(20(25)22-16-8-6-10-18(12-16)27-4)23(2)13-19(24)21-15-7-5-9-17(11-15)26-3/h5-12,14H,13H2,1-4H3,(H,21,24)(H,22,25)/p+1/t14-/m0/s1. The Labute approximate surface area is 159 Å².